The SMILES string of the molecule is CC(C)NCC1=NC(NC(=O)Nc2cccc(C#N)c2)C(=O)N(CC(=O)N(C)c2ccccc2)c2ccccc21. The Morgan fingerprint density at radius 1 is 1.05 bits per heavy atom. The van der Waals surface area contributed by atoms with Gasteiger partial charge in [-0.05, 0) is 36.4 Å². The smallest absolute Gasteiger partial charge is 0.314 e. The fourth-order valence-corrected chi connectivity index (χ4v) is 4.19. The van der Waals surface area contributed by atoms with E-state index in [1.54, 1.807) is 37.4 Å². The third-order valence-corrected chi connectivity index (χ3v) is 6.30. The van der Waals surface area contributed by atoms with Gasteiger partial charge >= 0.3 is 6.03 Å². The highest BCUT2D eigenvalue weighted by Gasteiger charge is 2.34. The fraction of sp³-hybridized carbons (Fsp3) is 0.233. The first-order valence-corrected chi connectivity index (χ1v) is 12.9. The molecule has 10 nitrogen and oxygen atoms in total. The van der Waals surface area contributed by atoms with E-state index < -0.39 is 18.1 Å². The number of hydrogen-bond donors (Lipinski definition) is 3. The first-order valence-electron chi connectivity index (χ1n) is 12.9. The summed E-state index contributed by atoms with van der Waals surface area (Å²) in [4.78, 5) is 47.8. The van der Waals surface area contributed by atoms with E-state index in [4.69, 9.17) is 5.26 Å². The Balaban J connectivity index is 1.66. The van der Waals surface area contributed by atoms with E-state index in [-0.39, 0.29) is 18.5 Å². The van der Waals surface area contributed by atoms with E-state index in [1.165, 1.54) is 15.9 Å². The van der Waals surface area contributed by atoms with E-state index in [0.717, 1.165) is 0 Å². The fourth-order valence-electron chi connectivity index (χ4n) is 4.19. The molecule has 0 bridgehead atoms. The summed E-state index contributed by atoms with van der Waals surface area (Å²) in [6, 6.07) is 24.3. The van der Waals surface area contributed by atoms with Crippen LogP contribution >= 0.6 is 0 Å². The average molecular weight is 538 g/mol. The molecule has 0 saturated heterocycles. The topological polar surface area (TPSA) is 130 Å². The van der Waals surface area contributed by atoms with Crippen molar-refractivity contribution < 1.29 is 14.4 Å². The lowest BCUT2D eigenvalue weighted by Gasteiger charge is -2.27. The van der Waals surface area contributed by atoms with Crippen LogP contribution in [0.2, 0.25) is 0 Å². The Morgan fingerprint density at radius 2 is 1.77 bits per heavy atom. The Labute approximate surface area is 233 Å². The highest BCUT2D eigenvalue weighted by Crippen LogP contribution is 2.26. The Bertz CT molecular complexity index is 1460. The molecule has 0 radical (unpaired) electrons. The van der Waals surface area contributed by atoms with E-state index in [2.05, 4.69) is 20.9 Å². The second-order valence-electron chi connectivity index (χ2n) is 9.53. The lowest BCUT2D eigenvalue weighted by atomic mass is 10.1. The molecule has 3 aromatic carbocycles. The quantitative estimate of drug-likeness (QED) is 0.405. The van der Waals surface area contributed by atoms with Crippen molar-refractivity contribution in [2.75, 3.05) is 35.3 Å². The molecule has 40 heavy (non-hydrogen) atoms. The summed E-state index contributed by atoms with van der Waals surface area (Å²) in [7, 11) is 1.65. The van der Waals surface area contributed by atoms with Gasteiger partial charge in [0.15, 0.2) is 0 Å². The lowest BCUT2D eigenvalue weighted by Crippen LogP contribution is -2.51. The number of nitrogens with one attached hydrogen (secondary N) is 3. The highest BCUT2D eigenvalue weighted by atomic mass is 16.2. The van der Waals surface area contributed by atoms with Gasteiger partial charge in [0.05, 0.1) is 23.0 Å². The number of aliphatic imine (C=N–C) groups is 1. The van der Waals surface area contributed by atoms with Crippen molar-refractivity contribution >= 4 is 40.6 Å². The predicted molar refractivity (Wildman–Crippen MR) is 155 cm³/mol. The van der Waals surface area contributed by atoms with Crippen LogP contribution in [0.15, 0.2) is 83.9 Å². The number of para-hydroxylation sites is 2. The average Bonchev–Trinajstić information content (AvgIpc) is 3.06. The summed E-state index contributed by atoms with van der Waals surface area (Å²) in [5, 5.41) is 17.8. The van der Waals surface area contributed by atoms with Gasteiger partial charge in [0.25, 0.3) is 5.91 Å². The van der Waals surface area contributed by atoms with Crippen molar-refractivity contribution in [3.8, 4) is 6.07 Å². The maximum Gasteiger partial charge on any atom is 0.321 e. The van der Waals surface area contributed by atoms with Gasteiger partial charge in [0, 0.05) is 36.6 Å². The number of nitriles is 1. The van der Waals surface area contributed by atoms with E-state index >= 15 is 0 Å². The Kier molecular flexibility index (Phi) is 8.89. The number of fused-ring (bicyclic) bond motifs is 1. The van der Waals surface area contributed by atoms with E-state index in [9.17, 15) is 14.4 Å². The number of benzodiazepines with no additional fused rings is 1. The van der Waals surface area contributed by atoms with Gasteiger partial charge in [-0.2, -0.15) is 5.26 Å². The summed E-state index contributed by atoms with van der Waals surface area (Å²) >= 11 is 0. The highest BCUT2D eigenvalue weighted by molar-refractivity contribution is 6.16. The Hall–Kier alpha value is -5.01. The van der Waals surface area contributed by atoms with Crippen molar-refractivity contribution in [3.63, 3.8) is 0 Å². The van der Waals surface area contributed by atoms with Crippen LogP contribution < -0.4 is 25.8 Å². The monoisotopic (exact) mass is 537 g/mol. The summed E-state index contributed by atoms with van der Waals surface area (Å²) in [5.74, 6) is -0.864. The van der Waals surface area contributed by atoms with Crippen molar-refractivity contribution in [1.29, 1.82) is 5.26 Å². The van der Waals surface area contributed by atoms with Crippen molar-refractivity contribution in [2.24, 2.45) is 4.99 Å². The molecule has 0 fully saturated rings. The maximum absolute atomic E-state index is 13.9. The molecule has 0 aromatic heterocycles. The zero-order valence-corrected chi connectivity index (χ0v) is 22.6. The second-order valence-corrected chi connectivity index (χ2v) is 9.53. The molecule has 0 aliphatic carbocycles. The minimum atomic E-state index is -1.30. The van der Waals surface area contributed by atoms with Crippen LogP contribution in [0.4, 0.5) is 21.9 Å². The third-order valence-electron chi connectivity index (χ3n) is 6.30. The molecule has 204 valence electrons. The van der Waals surface area contributed by atoms with Crippen molar-refractivity contribution in [3.05, 3.63) is 90.0 Å². The zero-order valence-electron chi connectivity index (χ0n) is 22.6. The third kappa shape index (κ3) is 6.70. The summed E-state index contributed by atoms with van der Waals surface area (Å²) < 4.78 is 0. The number of carbonyl (C=O) groups excluding carboxylic acids is 3. The van der Waals surface area contributed by atoms with E-state index in [0.29, 0.717) is 40.4 Å². The number of carbonyl (C=O) groups is 3. The van der Waals surface area contributed by atoms with Gasteiger partial charge in [-0.1, -0.05) is 56.3 Å². The van der Waals surface area contributed by atoms with Gasteiger partial charge in [-0.3, -0.25) is 19.5 Å². The Morgan fingerprint density at radius 3 is 2.50 bits per heavy atom. The number of nitrogens with zero attached hydrogens (tertiary/aromatic N) is 4. The number of rotatable bonds is 8. The normalized spacial score (nSPS) is 14.5. The number of anilines is 3. The molecule has 10 heteroatoms. The first kappa shape index (κ1) is 28.0. The summed E-state index contributed by atoms with van der Waals surface area (Å²) in [6.45, 7) is 4.08. The number of hydrogen-bond acceptors (Lipinski definition) is 6. The van der Waals surface area contributed by atoms with Crippen LogP contribution in [0.1, 0.15) is 25.0 Å². The molecule has 1 heterocycles. The standard InChI is InChI=1S/C30H31N7O3/c1-20(2)32-18-25-24-14-7-8-15-26(24)37(19-27(38)36(3)23-12-5-4-6-13-23)29(39)28(34-25)35-30(40)33-22-11-9-10-21(16-22)17-31/h4-16,20,28,32H,18-19H2,1-3H3,(H2,33,35,40). The van der Waals surface area contributed by atoms with Crippen LogP contribution in [0.3, 0.4) is 0 Å². The van der Waals surface area contributed by atoms with Crippen molar-refractivity contribution in [2.45, 2.75) is 26.1 Å². The van der Waals surface area contributed by atoms with Gasteiger partial charge in [-0.15, -0.1) is 0 Å². The lowest BCUT2D eigenvalue weighted by molar-refractivity contribution is -0.123. The number of amides is 4. The van der Waals surface area contributed by atoms with E-state index in [1.807, 2.05) is 62.4 Å². The molecule has 1 aliphatic rings. The first-order chi connectivity index (χ1) is 19.3. The molecule has 3 N–H and O–H groups in total. The largest absolute Gasteiger partial charge is 0.321 e. The predicted octanol–water partition coefficient (Wildman–Crippen LogP) is 3.50. The molecule has 1 aliphatic heterocycles. The van der Waals surface area contributed by atoms with Crippen LogP contribution in [0.5, 0.6) is 0 Å². The van der Waals surface area contributed by atoms with Crippen LogP contribution in [-0.2, 0) is 9.59 Å². The molecule has 4 amide bonds. The van der Waals surface area contributed by atoms with Crippen molar-refractivity contribution in [1.82, 2.24) is 10.6 Å². The van der Waals surface area contributed by atoms with Crippen LogP contribution in [0.25, 0.3) is 0 Å². The maximum atomic E-state index is 13.9. The number of benzene rings is 3. The molecule has 3 aromatic rings. The molecular weight excluding hydrogens is 506 g/mol. The molecule has 4 rings (SSSR count). The van der Waals surface area contributed by atoms with Gasteiger partial charge in [-0.25, -0.2) is 4.79 Å². The van der Waals surface area contributed by atoms with Gasteiger partial charge in [0.1, 0.15) is 6.54 Å². The summed E-state index contributed by atoms with van der Waals surface area (Å²) in [5.41, 5.74) is 3.24. The molecule has 1 unspecified atom stereocenters. The molecule has 0 saturated carbocycles. The molecular formula is C30H31N7O3. The zero-order chi connectivity index (χ0) is 28.6. The minimum absolute atomic E-state index is 0.146. The van der Waals surface area contributed by atoms with Crippen LogP contribution in [-0.4, -0.2) is 55.9 Å². The van der Waals surface area contributed by atoms with Crippen LogP contribution in [0, 0.1) is 11.3 Å². The molecule has 1 atom stereocenters. The van der Waals surface area contributed by atoms with Gasteiger partial charge < -0.3 is 20.9 Å². The minimum Gasteiger partial charge on any atom is -0.314 e. The number of urea groups is 1. The number of likely N-dealkylation sites (N-methyl/N-ethyl adjacent to an activating group) is 1. The second kappa shape index (κ2) is 12.7. The summed E-state index contributed by atoms with van der Waals surface area (Å²) in [6.07, 6.45) is -1.30. The molecule has 0 spiro atoms. The van der Waals surface area contributed by atoms with Gasteiger partial charge in [0.2, 0.25) is 12.1 Å².